The third kappa shape index (κ3) is 1.24. The molecule has 0 bridgehead atoms. The van der Waals surface area contributed by atoms with Crippen LogP contribution in [0, 0.1) is 5.41 Å². The number of nitrogens with zero attached hydrogens (tertiary/aromatic N) is 1. The van der Waals surface area contributed by atoms with E-state index in [4.69, 9.17) is 0 Å². The number of allylic oxidation sites excluding steroid dienone is 1. The minimum Gasteiger partial charge on any atom is -0.375 e. The normalized spacial score (nSPS) is 34.9. The second-order valence-corrected chi connectivity index (χ2v) is 4.33. The Kier molecular flexibility index (Phi) is 1.87. The second kappa shape index (κ2) is 2.77. The van der Waals surface area contributed by atoms with E-state index in [1.165, 1.54) is 44.7 Å². The summed E-state index contributed by atoms with van der Waals surface area (Å²) in [5.41, 5.74) is 1.83. The van der Waals surface area contributed by atoms with Crippen LogP contribution in [0.3, 0.4) is 0 Å². The van der Waals surface area contributed by atoms with Gasteiger partial charge in [-0.3, -0.25) is 0 Å². The van der Waals surface area contributed by atoms with E-state index in [1.807, 2.05) is 0 Å². The van der Waals surface area contributed by atoms with Gasteiger partial charge in [0.15, 0.2) is 0 Å². The Hall–Kier alpha value is -0.500. The molecule has 1 unspecified atom stereocenters. The molecule has 0 aromatic heterocycles. The van der Waals surface area contributed by atoms with E-state index >= 15 is 0 Å². The van der Waals surface area contributed by atoms with E-state index in [2.05, 4.69) is 23.7 Å². The number of hydrogen-bond donors (Lipinski definition) is 1. The first kappa shape index (κ1) is 8.11. The van der Waals surface area contributed by atoms with Crippen LogP contribution in [-0.2, 0) is 0 Å². The van der Waals surface area contributed by atoms with Crippen molar-refractivity contribution in [3.05, 3.63) is 12.3 Å². The molecule has 2 heteroatoms. The fraction of sp³-hybridized carbons (Fsp3) is 0.800. The van der Waals surface area contributed by atoms with E-state index in [0.717, 1.165) is 0 Å². The van der Waals surface area contributed by atoms with Gasteiger partial charge < -0.3 is 10.2 Å². The molecule has 2 fully saturated rings. The Bertz CT molecular complexity index is 192. The summed E-state index contributed by atoms with van der Waals surface area (Å²) in [6.07, 6.45) is 2.71. The van der Waals surface area contributed by atoms with Crippen LogP contribution in [0.5, 0.6) is 0 Å². The summed E-state index contributed by atoms with van der Waals surface area (Å²) in [6, 6.07) is 0. The molecule has 1 N–H and O–H groups in total. The van der Waals surface area contributed by atoms with Crippen molar-refractivity contribution in [1.82, 2.24) is 10.2 Å². The molecule has 0 aliphatic carbocycles. The average Bonchev–Trinajstić information content (AvgIpc) is 2.62. The smallest absolute Gasteiger partial charge is 0.0244 e. The van der Waals surface area contributed by atoms with Gasteiger partial charge in [-0.2, -0.15) is 0 Å². The third-order valence-electron chi connectivity index (χ3n) is 3.31. The van der Waals surface area contributed by atoms with Gasteiger partial charge in [-0.15, -0.1) is 0 Å². The summed E-state index contributed by atoms with van der Waals surface area (Å²) >= 11 is 0. The lowest BCUT2D eigenvalue weighted by atomic mass is 9.87. The molecule has 2 aliphatic heterocycles. The zero-order valence-electron chi connectivity index (χ0n) is 7.90. The predicted octanol–water partition coefficient (Wildman–Crippen LogP) is 1.21. The first-order valence-corrected chi connectivity index (χ1v) is 4.83. The van der Waals surface area contributed by atoms with Crippen molar-refractivity contribution >= 4 is 0 Å². The Balaban J connectivity index is 2.01. The summed E-state index contributed by atoms with van der Waals surface area (Å²) < 4.78 is 0. The lowest BCUT2D eigenvalue weighted by Crippen LogP contribution is -2.28. The predicted molar refractivity (Wildman–Crippen MR) is 50.9 cm³/mol. The van der Waals surface area contributed by atoms with Gasteiger partial charge in [0.05, 0.1) is 0 Å². The molecule has 12 heavy (non-hydrogen) atoms. The van der Waals surface area contributed by atoms with Crippen LogP contribution >= 0.6 is 0 Å². The molecule has 2 aliphatic rings. The maximum atomic E-state index is 4.00. The molecular formula is C10H18N2. The second-order valence-electron chi connectivity index (χ2n) is 4.33. The Morgan fingerprint density at radius 1 is 1.50 bits per heavy atom. The van der Waals surface area contributed by atoms with Crippen molar-refractivity contribution in [3.8, 4) is 0 Å². The summed E-state index contributed by atoms with van der Waals surface area (Å²) in [6.45, 7) is 11.0. The fourth-order valence-corrected chi connectivity index (χ4v) is 2.40. The molecule has 1 atom stereocenters. The molecule has 0 aromatic carbocycles. The fourth-order valence-electron chi connectivity index (χ4n) is 2.40. The van der Waals surface area contributed by atoms with Gasteiger partial charge in [-0.1, -0.05) is 6.58 Å². The van der Waals surface area contributed by atoms with Crippen LogP contribution in [-0.4, -0.2) is 31.1 Å². The first-order valence-electron chi connectivity index (χ1n) is 4.83. The van der Waals surface area contributed by atoms with E-state index in [-0.39, 0.29) is 0 Å². The molecule has 2 nitrogen and oxygen atoms in total. The minimum absolute atomic E-state index is 0.596. The van der Waals surface area contributed by atoms with Gasteiger partial charge in [0.25, 0.3) is 0 Å². The molecule has 2 heterocycles. The number of likely N-dealkylation sites (tertiary alicyclic amines) is 1. The maximum Gasteiger partial charge on any atom is 0.0244 e. The summed E-state index contributed by atoms with van der Waals surface area (Å²) in [7, 11) is 0. The van der Waals surface area contributed by atoms with Crippen molar-refractivity contribution in [2.45, 2.75) is 19.8 Å². The van der Waals surface area contributed by atoms with Crippen molar-refractivity contribution in [3.63, 3.8) is 0 Å². The van der Waals surface area contributed by atoms with Crippen molar-refractivity contribution < 1.29 is 0 Å². The lowest BCUT2D eigenvalue weighted by Gasteiger charge is -2.23. The van der Waals surface area contributed by atoms with Crippen LogP contribution < -0.4 is 5.32 Å². The minimum atomic E-state index is 0.596. The highest BCUT2D eigenvalue weighted by Crippen LogP contribution is 2.36. The van der Waals surface area contributed by atoms with Crippen LogP contribution in [0.1, 0.15) is 19.8 Å². The van der Waals surface area contributed by atoms with Gasteiger partial charge in [-0.05, 0) is 26.3 Å². The van der Waals surface area contributed by atoms with Crippen LogP contribution in [0.4, 0.5) is 0 Å². The van der Waals surface area contributed by atoms with E-state index < -0.39 is 0 Å². The SMILES string of the molecule is C=C(C)N1CCC2(CCNC2)C1. The zero-order valence-corrected chi connectivity index (χ0v) is 7.90. The van der Waals surface area contributed by atoms with Crippen molar-refractivity contribution in [2.24, 2.45) is 5.41 Å². The molecular weight excluding hydrogens is 148 g/mol. The standard InChI is InChI=1S/C10H18N2/c1-9(2)12-6-4-10(8-12)3-5-11-7-10/h11H,1,3-8H2,2H3. The number of nitrogens with one attached hydrogen (secondary N) is 1. The largest absolute Gasteiger partial charge is 0.375 e. The Morgan fingerprint density at radius 2 is 2.33 bits per heavy atom. The van der Waals surface area contributed by atoms with Crippen LogP contribution in [0.25, 0.3) is 0 Å². The molecule has 0 radical (unpaired) electrons. The Labute approximate surface area is 74.6 Å². The van der Waals surface area contributed by atoms with Gasteiger partial charge in [-0.25, -0.2) is 0 Å². The highest BCUT2D eigenvalue weighted by atomic mass is 15.2. The quantitative estimate of drug-likeness (QED) is 0.630. The highest BCUT2D eigenvalue weighted by Gasteiger charge is 2.39. The number of hydrogen-bond acceptors (Lipinski definition) is 2. The first-order chi connectivity index (χ1) is 5.72. The monoisotopic (exact) mass is 166 g/mol. The third-order valence-corrected chi connectivity index (χ3v) is 3.31. The van der Waals surface area contributed by atoms with Crippen molar-refractivity contribution in [1.29, 1.82) is 0 Å². The maximum absolute atomic E-state index is 4.00. The Morgan fingerprint density at radius 3 is 2.83 bits per heavy atom. The molecule has 1 spiro atoms. The van der Waals surface area contributed by atoms with Crippen LogP contribution in [0.2, 0.25) is 0 Å². The van der Waals surface area contributed by atoms with E-state index in [9.17, 15) is 0 Å². The van der Waals surface area contributed by atoms with Gasteiger partial charge >= 0.3 is 0 Å². The molecule has 0 amide bonds. The highest BCUT2D eigenvalue weighted by molar-refractivity contribution is 5.02. The lowest BCUT2D eigenvalue weighted by molar-refractivity contribution is 0.314. The molecule has 68 valence electrons. The number of rotatable bonds is 1. The molecule has 2 saturated heterocycles. The summed E-state index contributed by atoms with van der Waals surface area (Å²) in [5.74, 6) is 0. The van der Waals surface area contributed by atoms with Gasteiger partial charge in [0.2, 0.25) is 0 Å². The molecule has 0 aromatic rings. The van der Waals surface area contributed by atoms with Crippen molar-refractivity contribution in [2.75, 3.05) is 26.2 Å². The summed E-state index contributed by atoms with van der Waals surface area (Å²) in [5, 5.41) is 3.46. The molecule has 0 saturated carbocycles. The molecule has 2 rings (SSSR count). The van der Waals surface area contributed by atoms with Gasteiger partial charge in [0.1, 0.15) is 0 Å². The van der Waals surface area contributed by atoms with E-state index in [0.29, 0.717) is 5.41 Å². The zero-order chi connectivity index (χ0) is 8.60. The topological polar surface area (TPSA) is 15.3 Å². The van der Waals surface area contributed by atoms with E-state index in [1.54, 1.807) is 0 Å². The van der Waals surface area contributed by atoms with Crippen LogP contribution in [0.15, 0.2) is 12.3 Å². The van der Waals surface area contributed by atoms with Gasteiger partial charge in [0, 0.05) is 30.7 Å². The summed E-state index contributed by atoms with van der Waals surface area (Å²) in [4.78, 5) is 2.42. The average molecular weight is 166 g/mol.